The van der Waals surface area contributed by atoms with Crippen LogP contribution in [0.1, 0.15) is 5.69 Å². The Balaban J connectivity index is 1.75. The molecule has 0 atom stereocenters. The number of fused-ring (bicyclic) bond motifs is 1. The number of benzene rings is 2. The zero-order valence-electron chi connectivity index (χ0n) is 13.2. The van der Waals surface area contributed by atoms with Crippen LogP contribution in [0.25, 0.3) is 10.8 Å². The molecule has 3 N–H and O–H groups in total. The van der Waals surface area contributed by atoms with Crippen LogP contribution in [0, 0.1) is 6.92 Å². The maximum absolute atomic E-state index is 4.72. The summed E-state index contributed by atoms with van der Waals surface area (Å²) in [5.74, 6) is 2.31. The molecule has 0 spiro atoms. The van der Waals surface area contributed by atoms with E-state index >= 15 is 0 Å². The number of aromatic nitrogens is 3. The summed E-state index contributed by atoms with van der Waals surface area (Å²) in [4.78, 5) is 4.72. The van der Waals surface area contributed by atoms with Crippen molar-refractivity contribution in [1.29, 1.82) is 0 Å². The molecule has 5 heteroatoms. The molecule has 0 saturated carbocycles. The van der Waals surface area contributed by atoms with Gasteiger partial charge in [-0.25, -0.2) is 4.98 Å². The second kappa shape index (κ2) is 6.04. The van der Waals surface area contributed by atoms with Gasteiger partial charge in [-0.1, -0.05) is 42.5 Å². The molecule has 0 fully saturated rings. The molecule has 0 saturated heterocycles. The van der Waals surface area contributed by atoms with Crippen LogP contribution in [0.2, 0.25) is 0 Å². The molecule has 4 aromatic rings. The van der Waals surface area contributed by atoms with E-state index in [-0.39, 0.29) is 0 Å². The van der Waals surface area contributed by atoms with Crippen LogP contribution in [-0.4, -0.2) is 15.2 Å². The van der Waals surface area contributed by atoms with Gasteiger partial charge in [0.15, 0.2) is 5.82 Å². The smallest absolute Gasteiger partial charge is 0.153 e. The molecular formula is C19H17N5. The molecular weight excluding hydrogens is 298 g/mol. The number of hydrogen-bond acceptors (Lipinski definition) is 4. The third-order valence-corrected chi connectivity index (χ3v) is 3.74. The summed E-state index contributed by atoms with van der Waals surface area (Å²) >= 11 is 0. The number of aromatic amines is 1. The van der Waals surface area contributed by atoms with Gasteiger partial charge in [0.1, 0.15) is 11.6 Å². The molecule has 0 aliphatic heterocycles. The van der Waals surface area contributed by atoms with Crippen molar-refractivity contribution >= 4 is 33.9 Å². The fraction of sp³-hybridized carbons (Fsp3) is 0.0526. The van der Waals surface area contributed by atoms with Gasteiger partial charge in [0.05, 0.1) is 0 Å². The molecule has 4 rings (SSSR count). The average molecular weight is 315 g/mol. The van der Waals surface area contributed by atoms with Gasteiger partial charge in [0.2, 0.25) is 0 Å². The van der Waals surface area contributed by atoms with Gasteiger partial charge >= 0.3 is 0 Å². The van der Waals surface area contributed by atoms with Crippen LogP contribution in [0.5, 0.6) is 0 Å². The van der Waals surface area contributed by atoms with Crippen LogP contribution in [-0.2, 0) is 0 Å². The first-order valence-electron chi connectivity index (χ1n) is 7.79. The van der Waals surface area contributed by atoms with Crippen LogP contribution in [0.3, 0.4) is 0 Å². The Labute approximate surface area is 139 Å². The maximum Gasteiger partial charge on any atom is 0.153 e. The second-order valence-electron chi connectivity index (χ2n) is 5.63. The summed E-state index contributed by atoms with van der Waals surface area (Å²) in [5, 5.41) is 16.0. The maximum atomic E-state index is 4.72. The number of rotatable bonds is 4. The van der Waals surface area contributed by atoms with Crippen molar-refractivity contribution in [3.05, 3.63) is 72.4 Å². The molecule has 2 aromatic heterocycles. The fourth-order valence-electron chi connectivity index (χ4n) is 2.63. The molecule has 0 aliphatic carbocycles. The van der Waals surface area contributed by atoms with Gasteiger partial charge in [-0.3, -0.25) is 5.10 Å². The molecule has 0 unspecified atom stereocenters. The Bertz CT molecular complexity index is 975. The SMILES string of the molecule is Cc1cc(Nc2cc3ccccc3c(Nc3ccccc3)n2)n[nH]1. The fourth-order valence-corrected chi connectivity index (χ4v) is 2.63. The van der Waals surface area contributed by atoms with Crippen LogP contribution in [0.4, 0.5) is 23.1 Å². The third kappa shape index (κ3) is 2.92. The molecule has 0 aliphatic rings. The lowest BCUT2D eigenvalue weighted by atomic mass is 10.1. The van der Waals surface area contributed by atoms with E-state index in [9.17, 15) is 0 Å². The molecule has 5 nitrogen and oxygen atoms in total. The lowest BCUT2D eigenvalue weighted by Gasteiger charge is -2.12. The lowest BCUT2D eigenvalue weighted by Crippen LogP contribution is -1.99. The number of pyridine rings is 1. The van der Waals surface area contributed by atoms with E-state index < -0.39 is 0 Å². The van der Waals surface area contributed by atoms with Crippen molar-refractivity contribution in [2.24, 2.45) is 0 Å². The molecule has 0 amide bonds. The number of anilines is 4. The largest absolute Gasteiger partial charge is 0.340 e. The normalized spacial score (nSPS) is 10.7. The quantitative estimate of drug-likeness (QED) is 0.508. The van der Waals surface area contributed by atoms with E-state index in [0.29, 0.717) is 0 Å². The van der Waals surface area contributed by atoms with Crippen LogP contribution < -0.4 is 10.6 Å². The van der Waals surface area contributed by atoms with Crippen molar-refractivity contribution < 1.29 is 0 Å². The van der Waals surface area contributed by atoms with Gasteiger partial charge in [0.25, 0.3) is 0 Å². The highest BCUT2D eigenvalue weighted by Crippen LogP contribution is 2.28. The molecule has 0 radical (unpaired) electrons. The monoisotopic (exact) mass is 315 g/mol. The van der Waals surface area contributed by atoms with E-state index in [2.05, 4.69) is 33.0 Å². The first-order valence-corrected chi connectivity index (χ1v) is 7.79. The van der Waals surface area contributed by atoms with Gasteiger partial charge < -0.3 is 10.6 Å². The summed E-state index contributed by atoms with van der Waals surface area (Å²) < 4.78 is 0. The number of aryl methyl sites for hydroxylation is 1. The molecule has 118 valence electrons. The van der Waals surface area contributed by atoms with Crippen LogP contribution in [0.15, 0.2) is 66.7 Å². The highest BCUT2D eigenvalue weighted by Gasteiger charge is 2.07. The summed E-state index contributed by atoms with van der Waals surface area (Å²) in [6.07, 6.45) is 0. The number of hydrogen-bond donors (Lipinski definition) is 3. The highest BCUT2D eigenvalue weighted by atomic mass is 15.2. The first-order chi connectivity index (χ1) is 11.8. The molecule has 2 aromatic carbocycles. The third-order valence-electron chi connectivity index (χ3n) is 3.74. The van der Waals surface area contributed by atoms with Gasteiger partial charge in [-0.15, -0.1) is 0 Å². The molecule has 24 heavy (non-hydrogen) atoms. The van der Waals surface area contributed by atoms with Crippen molar-refractivity contribution in [2.45, 2.75) is 6.92 Å². The summed E-state index contributed by atoms with van der Waals surface area (Å²) in [7, 11) is 0. The topological polar surface area (TPSA) is 65.6 Å². The van der Waals surface area contributed by atoms with Crippen molar-refractivity contribution in [3.63, 3.8) is 0 Å². The summed E-state index contributed by atoms with van der Waals surface area (Å²) in [5.41, 5.74) is 2.00. The number of H-pyrrole nitrogens is 1. The molecule has 2 heterocycles. The predicted octanol–water partition coefficient (Wildman–Crippen LogP) is 4.75. The van der Waals surface area contributed by atoms with Crippen LogP contribution >= 0.6 is 0 Å². The van der Waals surface area contributed by atoms with E-state index in [4.69, 9.17) is 4.98 Å². The first kappa shape index (κ1) is 14.3. The van der Waals surface area contributed by atoms with E-state index in [1.807, 2.05) is 61.5 Å². The minimum atomic E-state index is 0.749. The Hall–Kier alpha value is -3.34. The summed E-state index contributed by atoms with van der Waals surface area (Å²) in [6.45, 7) is 1.97. The Morgan fingerprint density at radius 1 is 0.833 bits per heavy atom. The minimum absolute atomic E-state index is 0.749. The number of para-hydroxylation sites is 1. The van der Waals surface area contributed by atoms with Gasteiger partial charge in [-0.05, 0) is 30.5 Å². The lowest BCUT2D eigenvalue weighted by molar-refractivity contribution is 1.05. The van der Waals surface area contributed by atoms with Gasteiger partial charge in [-0.2, -0.15) is 5.10 Å². The zero-order valence-corrected chi connectivity index (χ0v) is 13.2. The molecule has 0 bridgehead atoms. The van der Waals surface area contributed by atoms with E-state index in [1.165, 1.54) is 0 Å². The predicted molar refractivity (Wildman–Crippen MR) is 98.1 cm³/mol. The Morgan fingerprint density at radius 2 is 1.62 bits per heavy atom. The van der Waals surface area contributed by atoms with Gasteiger partial charge in [0, 0.05) is 22.8 Å². The van der Waals surface area contributed by atoms with Crippen molar-refractivity contribution in [1.82, 2.24) is 15.2 Å². The second-order valence-corrected chi connectivity index (χ2v) is 5.63. The number of nitrogens with one attached hydrogen (secondary N) is 3. The Morgan fingerprint density at radius 3 is 2.42 bits per heavy atom. The Kier molecular flexibility index (Phi) is 3.59. The highest BCUT2D eigenvalue weighted by molar-refractivity contribution is 5.95. The van der Waals surface area contributed by atoms with E-state index in [0.717, 1.165) is 39.6 Å². The standard InChI is InChI=1S/C19H17N5/c1-13-11-18(24-23-13)21-17-12-14-7-5-6-10-16(14)19(22-17)20-15-8-3-2-4-9-15/h2-12H,1H3,(H3,20,21,22,23,24). The number of nitrogens with zero attached hydrogens (tertiary/aromatic N) is 2. The minimum Gasteiger partial charge on any atom is -0.340 e. The van der Waals surface area contributed by atoms with Crippen molar-refractivity contribution in [3.8, 4) is 0 Å². The van der Waals surface area contributed by atoms with Crippen molar-refractivity contribution in [2.75, 3.05) is 10.6 Å². The average Bonchev–Trinajstić information content (AvgIpc) is 3.01. The zero-order chi connectivity index (χ0) is 16.4. The summed E-state index contributed by atoms with van der Waals surface area (Å²) in [6, 6.07) is 22.2. The van der Waals surface area contributed by atoms with E-state index in [1.54, 1.807) is 0 Å².